The molecule has 7 heteroatoms. The van der Waals surface area contributed by atoms with Gasteiger partial charge in [-0.1, -0.05) is 0 Å². The van der Waals surface area contributed by atoms with Crippen molar-refractivity contribution in [2.45, 2.75) is 43.9 Å². The zero-order chi connectivity index (χ0) is 23.5. The summed E-state index contributed by atoms with van der Waals surface area (Å²) in [4.78, 5) is 8.17. The molecule has 2 aromatic carbocycles. The molecule has 189 valence electrons. The number of hydrogen-bond acceptors (Lipinski definition) is 5. The van der Waals surface area contributed by atoms with Gasteiger partial charge >= 0.3 is 213 Å². The Hall–Kier alpha value is -0.625. The third-order valence-electron chi connectivity index (χ3n) is 5.94. The van der Waals surface area contributed by atoms with Crippen LogP contribution >= 0.6 is 11.9 Å². The topological polar surface area (TPSA) is 19.0 Å². The van der Waals surface area contributed by atoms with Crippen molar-refractivity contribution in [1.29, 1.82) is 0 Å². The molecule has 0 aliphatic carbocycles. The summed E-state index contributed by atoms with van der Waals surface area (Å²) in [7, 11) is 4.16. The maximum absolute atomic E-state index is 6.56. The summed E-state index contributed by atoms with van der Waals surface area (Å²) in [6.07, 6.45) is 5.91. The molecule has 0 atom stereocenters. The maximum atomic E-state index is 6.56. The zero-order valence-corrected chi connectivity index (χ0v) is 24.7. The van der Waals surface area contributed by atoms with Crippen LogP contribution in [0.2, 0.25) is 0 Å². The second-order valence-corrected chi connectivity index (χ2v) is 10.5. The predicted octanol–water partition coefficient (Wildman–Crippen LogP) is 5.27. The van der Waals surface area contributed by atoms with E-state index in [0.717, 1.165) is 42.3 Å². The second-order valence-electron chi connectivity index (χ2n) is 8.84. The number of rotatable bonds is 14. The first kappa shape index (κ1) is 29.6. The monoisotopic (exact) mass is 610 g/mol. The van der Waals surface area contributed by atoms with E-state index in [1.807, 2.05) is 4.96 Å². The van der Waals surface area contributed by atoms with Gasteiger partial charge in [0.25, 0.3) is 0 Å². The molecule has 4 nitrogen and oxygen atoms in total. The number of likely N-dealkylation sites (tertiary alicyclic amines) is 1. The summed E-state index contributed by atoms with van der Waals surface area (Å²) >= 11 is 6.26. The van der Waals surface area contributed by atoms with Crippen molar-refractivity contribution in [2.24, 2.45) is 0 Å². The Bertz CT molecular complexity index is 862. The summed E-state index contributed by atoms with van der Waals surface area (Å²) in [6, 6.07) is 15.0. The molecule has 1 fully saturated rings. The number of benzene rings is 2. The summed E-state index contributed by atoms with van der Waals surface area (Å²) in [6.45, 7) is 8.56. The molecular formula is C27H39CoMoN3OS. The predicted molar refractivity (Wildman–Crippen MR) is 140 cm³/mol. The molecule has 3 rings (SSSR count). The first-order chi connectivity index (χ1) is 16.1. The van der Waals surface area contributed by atoms with Crippen molar-refractivity contribution in [3.05, 3.63) is 53.6 Å². The van der Waals surface area contributed by atoms with E-state index in [0.29, 0.717) is 6.61 Å². The Balaban J connectivity index is 0.00000408. The van der Waals surface area contributed by atoms with E-state index in [1.165, 1.54) is 50.0 Å². The molecule has 0 N–H and O–H groups in total. The van der Waals surface area contributed by atoms with Gasteiger partial charge in [0.1, 0.15) is 0 Å². The summed E-state index contributed by atoms with van der Waals surface area (Å²) in [5.74, 6) is 1.00. The van der Waals surface area contributed by atoms with Crippen LogP contribution < -0.4 is 9.64 Å². The molecule has 0 spiro atoms. The third kappa shape index (κ3) is 9.44. The normalized spacial score (nSPS) is 13.7. The largest absolute Gasteiger partial charge is 0 e. The van der Waals surface area contributed by atoms with Crippen LogP contribution in [-0.4, -0.2) is 67.6 Å². The molecule has 0 aromatic heterocycles. The summed E-state index contributed by atoms with van der Waals surface area (Å²) in [5, 5.41) is 0. The minimum absolute atomic E-state index is 0. The van der Waals surface area contributed by atoms with Gasteiger partial charge in [0.2, 0.25) is 0 Å². The average molecular weight is 609 g/mol. The molecule has 0 unspecified atom stereocenters. The van der Waals surface area contributed by atoms with Crippen molar-refractivity contribution in [2.75, 3.05) is 58.3 Å². The van der Waals surface area contributed by atoms with Crippen molar-refractivity contribution in [3.8, 4) is 5.75 Å². The van der Waals surface area contributed by atoms with Crippen LogP contribution in [0.4, 0.5) is 5.69 Å². The van der Waals surface area contributed by atoms with Crippen molar-refractivity contribution in [1.82, 2.24) is 9.21 Å². The Morgan fingerprint density at radius 3 is 2.47 bits per heavy atom. The molecule has 2 aromatic rings. The van der Waals surface area contributed by atoms with Gasteiger partial charge in [0.15, 0.2) is 0 Å². The first-order valence-electron chi connectivity index (χ1n) is 12.2. The smallest absolute Gasteiger partial charge is 0 e. The van der Waals surface area contributed by atoms with Gasteiger partial charge in [-0.2, -0.15) is 0 Å². The van der Waals surface area contributed by atoms with Crippen LogP contribution in [0.5, 0.6) is 5.75 Å². The van der Waals surface area contributed by atoms with Gasteiger partial charge in [-0.3, -0.25) is 0 Å². The van der Waals surface area contributed by atoms with Crippen molar-refractivity contribution in [3.63, 3.8) is 0 Å². The summed E-state index contributed by atoms with van der Waals surface area (Å²) < 4.78 is 8.69. The van der Waals surface area contributed by atoms with E-state index < -0.39 is 0 Å². The number of hydrogen-bond donors (Lipinski definition) is 0. The Morgan fingerprint density at radius 2 is 1.82 bits per heavy atom. The van der Waals surface area contributed by atoms with E-state index in [1.54, 1.807) is 11.9 Å². The van der Waals surface area contributed by atoms with Crippen LogP contribution in [0.1, 0.15) is 43.7 Å². The molecule has 0 amide bonds. The van der Waals surface area contributed by atoms with E-state index in [9.17, 15) is 0 Å². The second kappa shape index (κ2) is 16.2. The maximum Gasteiger partial charge on any atom is 0 e. The Morgan fingerprint density at radius 1 is 1.09 bits per heavy atom. The SMILES string of the molecule is CCCCN(CCN1CCCC1)c1cc([CH]=[Co])cc(SN(C)C)c1OCCc1ccccc1.[Mo]. The minimum Gasteiger partial charge on any atom is 0 e. The molecule has 0 radical (unpaired) electrons. The molecule has 0 saturated carbocycles. The number of nitrogens with zero attached hydrogens (tertiary/aromatic N) is 3. The number of ether oxygens (including phenoxy) is 1. The molecule has 0 bridgehead atoms. The van der Waals surface area contributed by atoms with Gasteiger partial charge in [-0.25, -0.2) is 0 Å². The molecule has 1 heterocycles. The van der Waals surface area contributed by atoms with Crippen LogP contribution in [0.15, 0.2) is 47.4 Å². The molecule has 1 aliphatic heterocycles. The molecule has 1 aliphatic rings. The quantitative estimate of drug-likeness (QED) is 0.214. The van der Waals surface area contributed by atoms with E-state index in [-0.39, 0.29) is 21.1 Å². The van der Waals surface area contributed by atoms with E-state index in [2.05, 4.69) is 92.9 Å². The number of unbranched alkanes of at least 4 members (excludes halogenated alkanes) is 1. The Labute approximate surface area is 233 Å². The first-order valence-corrected chi connectivity index (χ1v) is 13.6. The summed E-state index contributed by atoms with van der Waals surface area (Å²) in [5.41, 5.74) is 3.62. The van der Waals surface area contributed by atoms with Crippen molar-refractivity contribution >= 4 is 22.6 Å². The average Bonchev–Trinajstić information content (AvgIpc) is 3.34. The molecular weight excluding hydrogens is 569 g/mol. The Kier molecular flexibility index (Phi) is 14.1. The van der Waals surface area contributed by atoms with Crippen molar-refractivity contribution < 1.29 is 41.1 Å². The van der Waals surface area contributed by atoms with Crippen LogP contribution in [0.3, 0.4) is 0 Å². The van der Waals surface area contributed by atoms with Crippen LogP contribution in [-0.2, 0) is 42.8 Å². The fraction of sp³-hybridized carbons (Fsp3) is 0.519. The van der Waals surface area contributed by atoms with Gasteiger partial charge in [0, 0.05) is 21.1 Å². The minimum atomic E-state index is 0. The fourth-order valence-corrected chi connectivity index (χ4v) is 5.20. The van der Waals surface area contributed by atoms with Crippen LogP contribution in [0, 0.1) is 0 Å². The van der Waals surface area contributed by atoms with Gasteiger partial charge in [-0.05, 0) is 0 Å². The molecule has 34 heavy (non-hydrogen) atoms. The van der Waals surface area contributed by atoms with E-state index >= 15 is 0 Å². The standard InChI is InChI=1S/C27H39N3OS.Co.Mo/c1-5-6-17-30(19-18-29-15-10-11-16-29)25-21-23(2)22-26(32-28(3)4)27(25)31-20-14-24-12-8-7-9-13-24;;/h2,7-9,12-13,21-22H,5-6,10-11,14-20H2,1,3-4H3;;. The zero-order valence-electron chi connectivity index (χ0n) is 20.8. The number of anilines is 1. The molecule has 1 saturated heterocycles. The van der Waals surface area contributed by atoms with Crippen LogP contribution in [0.25, 0.3) is 0 Å². The van der Waals surface area contributed by atoms with Gasteiger partial charge in [-0.15, -0.1) is 0 Å². The van der Waals surface area contributed by atoms with E-state index in [4.69, 9.17) is 4.74 Å². The van der Waals surface area contributed by atoms with Gasteiger partial charge < -0.3 is 0 Å². The third-order valence-corrected chi connectivity index (χ3v) is 7.15. The fourth-order valence-electron chi connectivity index (χ4n) is 4.19. The van der Waals surface area contributed by atoms with Gasteiger partial charge in [0.05, 0.1) is 0 Å².